The second kappa shape index (κ2) is 14.4. The summed E-state index contributed by atoms with van der Waals surface area (Å²) in [6.45, 7) is 0. The van der Waals surface area contributed by atoms with Crippen molar-refractivity contribution in [1.29, 1.82) is 0 Å². The summed E-state index contributed by atoms with van der Waals surface area (Å²) in [5.41, 5.74) is 15.4. The molecule has 0 saturated heterocycles. The van der Waals surface area contributed by atoms with Crippen LogP contribution in [0.3, 0.4) is 0 Å². The van der Waals surface area contributed by atoms with Gasteiger partial charge in [0.05, 0.1) is 0 Å². The number of anilines is 3. The number of nitrogens with zero attached hydrogens (tertiary/aromatic N) is 1. The van der Waals surface area contributed by atoms with Crippen LogP contribution in [0.15, 0.2) is 212 Å². The van der Waals surface area contributed by atoms with E-state index >= 15 is 0 Å². The monoisotopic (exact) mass is 639 g/mol. The van der Waals surface area contributed by atoms with Crippen LogP contribution in [-0.4, -0.2) is 0 Å². The molecule has 0 saturated carbocycles. The van der Waals surface area contributed by atoms with Crippen LogP contribution in [0.2, 0.25) is 0 Å². The van der Waals surface area contributed by atoms with Gasteiger partial charge in [-0.3, -0.25) is 0 Å². The highest BCUT2D eigenvalue weighted by atomic mass is 15.1. The lowest BCUT2D eigenvalue weighted by Crippen LogP contribution is -2.10. The van der Waals surface area contributed by atoms with E-state index in [1.807, 2.05) is 0 Å². The summed E-state index contributed by atoms with van der Waals surface area (Å²) in [5, 5.41) is 0. The molecule has 0 unspecified atom stereocenters. The first-order chi connectivity index (χ1) is 24.8. The SMILES string of the molecule is C1=CC(c2ccccc2)=C(c2ccc(N(c3ccc(-c4ccccc4)cc3)c3ccc(-c4ccccc4)cc3)cc2-c2ccccc2)C=CC1. The number of rotatable bonds is 8. The zero-order valence-electron chi connectivity index (χ0n) is 27.9. The normalized spacial score (nSPS) is 12.5. The topological polar surface area (TPSA) is 3.24 Å². The van der Waals surface area contributed by atoms with Crippen molar-refractivity contribution in [2.75, 3.05) is 4.90 Å². The van der Waals surface area contributed by atoms with Crippen LogP contribution >= 0.6 is 0 Å². The summed E-state index contributed by atoms with van der Waals surface area (Å²) in [4.78, 5) is 2.37. The Hall–Kier alpha value is -6.44. The van der Waals surface area contributed by atoms with Crippen molar-refractivity contribution in [1.82, 2.24) is 0 Å². The average Bonchev–Trinajstić information content (AvgIpc) is 3.46. The molecule has 7 aromatic rings. The summed E-state index contributed by atoms with van der Waals surface area (Å²) < 4.78 is 0. The van der Waals surface area contributed by atoms with E-state index in [0.717, 1.165) is 23.5 Å². The molecule has 0 heterocycles. The van der Waals surface area contributed by atoms with Crippen LogP contribution in [0.5, 0.6) is 0 Å². The first-order valence-electron chi connectivity index (χ1n) is 17.3. The Balaban J connectivity index is 1.30. The molecule has 7 aromatic carbocycles. The Morgan fingerprint density at radius 1 is 0.300 bits per heavy atom. The Bertz CT molecular complexity index is 2200. The van der Waals surface area contributed by atoms with Crippen molar-refractivity contribution in [3.05, 3.63) is 223 Å². The molecule has 1 nitrogen and oxygen atoms in total. The van der Waals surface area contributed by atoms with Crippen LogP contribution in [0.25, 0.3) is 44.5 Å². The zero-order valence-corrected chi connectivity index (χ0v) is 27.9. The third-order valence-corrected chi connectivity index (χ3v) is 9.32. The molecule has 0 bridgehead atoms. The van der Waals surface area contributed by atoms with E-state index in [1.54, 1.807) is 0 Å². The minimum absolute atomic E-state index is 0.907. The largest absolute Gasteiger partial charge is 0.310 e. The second-order valence-electron chi connectivity index (χ2n) is 12.5. The van der Waals surface area contributed by atoms with Gasteiger partial charge in [0.15, 0.2) is 0 Å². The summed E-state index contributed by atoms with van der Waals surface area (Å²) in [7, 11) is 0. The predicted molar refractivity (Wildman–Crippen MR) is 214 cm³/mol. The van der Waals surface area contributed by atoms with Crippen LogP contribution < -0.4 is 4.90 Å². The number of allylic oxidation sites excluding steroid dienone is 6. The third-order valence-electron chi connectivity index (χ3n) is 9.32. The van der Waals surface area contributed by atoms with Gasteiger partial charge >= 0.3 is 0 Å². The highest BCUT2D eigenvalue weighted by Crippen LogP contribution is 2.42. The van der Waals surface area contributed by atoms with E-state index in [9.17, 15) is 0 Å². The maximum atomic E-state index is 2.37. The summed E-state index contributed by atoms with van der Waals surface area (Å²) in [6, 6.07) is 67.4. The smallest absolute Gasteiger partial charge is 0.0468 e. The van der Waals surface area contributed by atoms with Crippen molar-refractivity contribution in [3.8, 4) is 33.4 Å². The van der Waals surface area contributed by atoms with Crippen LogP contribution in [-0.2, 0) is 0 Å². The molecular formula is C49H37N. The molecule has 0 radical (unpaired) electrons. The summed E-state index contributed by atoms with van der Waals surface area (Å²) in [5.74, 6) is 0. The molecule has 1 aliphatic carbocycles. The van der Waals surface area contributed by atoms with E-state index in [-0.39, 0.29) is 0 Å². The minimum Gasteiger partial charge on any atom is -0.310 e. The number of hydrogen-bond donors (Lipinski definition) is 0. The molecular weight excluding hydrogens is 603 g/mol. The zero-order chi connectivity index (χ0) is 33.5. The van der Waals surface area contributed by atoms with E-state index in [2.05, 4.69) is 217 Å². The van der Waals surface area contributed by atoms with Gasteiger partial charge in [0.25, 0.3) is 0 Å². The molecule has 8 rings (SSSR count). The molecule has 0 atom stereocenters. The lowest BCUT2D eigenvalue weighted by molar-refractivity contribution is 1.28. The first-order valence-corrected chi connectivity index (χ1v) is 17.3. The van der Waals surface area contributed by atoms with Gasteiger partial charge in [-0.2, -0.15) is 0 Å². The van der Waals surface area contributed by atoms with Gasteiger partial charge in [-0.05, 0) is 98.5 Å². The molecule has 238 valence electrons. The molecule has 0 spiro atoms. The lowest BCUT2D eigenvalue weighted by Gasteiger charge is -2.27. The van der Waals surface area contributed by atoms with Crippen molar-refractivity contribution in [3.63, 3.8) is 0 Å². The maximum Gasteiger partial charge on any atom is 0.0468 e. The van der Waals surface area contributed by atoms with Crippen LogP contribution in [0.4, 0.5) is 17.1 Å². The Morgan fingerprint density at radius 3 is 1.20 bits per heavy atom. The third kappa shape index (κ3) is 6.50. The second-order valence-corrected chi connectivity index (χ2v) is 12.5. The molecule has 0 N–H and O–H groups in total. The Kier molecular flexibility index (Phi) is 8.86. The van der Waals surface area contributed by atoms with Gasteiger partial charge in [-0.1, -0.05) is 176 Å². The van der Waals surface area contributed by atoms with Crippen LogP contribution in [0, 0.1) is 0 Å². The standard InChI is InChI=1S/C49H37N/c1-6-16-37(17-7-1)39-26-30-43(31-27-39)50(44-32-28-40(29-33-44)38-18-8-2-9-19-38)45-34-35-48(49(36-45)42-22-12-4-13-23-42)47-25-15-5-14-24-46(47)41-20-10-3-11-21-41/h1-4,6-36H,5H2. The summed E-state index contributed by atoms with van der Waals surface area (Å²) >= 11 is 0. The van der Waals surface area contributed by atoms with E-state index in [0.29, 0.717) is 0 Å². The van der Waals surface area contributed by atoms with E-state index in [1.165, 1.54) is 55.7 Å². The Labute approximate surface area is 295 Å². The first kappa shape index (κ1) is 30.9. The highest BCUT2D eigenvalue weighted by Gasteiger charge is 2.19. The quantitative estimate of drug-likeness (QED) is 0.160. The van der Waals surface area contributed by atoms with Gasteiger partial charge in [-0.15, -0.1) is 0 Å². The van der Waals surface area contributed by atoms with Gasteiger partial charge in [0.1, 0.15) is 0 Å². The number of benzene rings is 7. The van der Waals surface area contributed by atoms with Gasteiger partial charge in [0.2, 0.25) is 0 Å². The average molecular weight is 640 g/mol. The maximum absolute atomic E-state index is 2.37. The van der Waals surface area contributed by atoms with Crippen molar-refractivity contribution in [2.24, 2.45) is 0 Å². The molecule has 1 heteroatoms. The van der Waals surface area contributed by atoms with Crippen molar-refractivity contribution >= 4 is 28.2 Å². The lowest BCUT2D eigenvalue weighted by atomic mass is 9.88. The number of hydrogen-bond acceptors (Lipinski definition) is 1. The van der Waals surface area contributed by atoms with Crippen LogP contribution in [0.1, 0.15) is 17.5 Å². The fraction of sp³-hybridized carbons (Fsp3) is 0.0204. The minimum atomic E-state index is 0.907. The van der Waals surface area contributed by atoms with Gasteiger partial charge in [0, 0.05) is 17.1 Å². The molecule has 0 aromatic heterocycles. The van der Waals surface area contributed by atoms with Gasteiger partial charge in [-0.25, -0.2) is 0 Å². The predicted octanol–water partition coefficient (Wildman–Crippen LogP) is 13.6. The van der Waals surface area contributed by atoms with Crippen molar-refractivity contribution in [2.45, 2.75) is 6.42 Å². The molecule has 1 aliphatic rings. The van der Waals surface area contributed by atoms with Crippen molar-refractivity contribution < 1.29 is 0 Å². The molecule has 0 amide bonds. The molecule has 0 fully saturated rings. The molecule has 50 heavy (non-hydrogen) atoms. The van der Waals surface area contributed by atoms with Gasteiger partial charge < -0.3 is 4.90 Å². The summed E-state index contributed by atoms with van der Waals surface area (Å²) in [6.07, 6.45) is 10.0. The van der Waals surface area contributed by atoms with E-state index in [4.69, 9.17) is 0 Å². The fourth-order valence-electron chi connectivity index (χ4n) is 6.81. The molecule has 0 aliphatic heterocycles. The van der Waals surface area contributed by atoms with E-state index < -0.39 is 0 Å². The highest BCUT2D eigenvalue weighted by molar-refractivity contribution is 6.04. The Morgan fingerprint density at radius 2 is 0.700 bits per heavy atom. The fourth-order valence-corrected chi connectivity index (χ4v) is 6.81.